The van der Waals surface area contributed by atoms with Crippen LogP contribution in [0, 0.1) is 0 Å². The Morgan fingerprint density at radius 1 is 1.20 bits per heavy atom. The maximum Gasteiger partial charge on any atom is 0.223 e. The summed E-state index contributed by atoms with van der Waals surface area (Å²) < 4.78 is 5.88. The normalized spacial score (nSPS) is 15.9. The van der Waals surface area contributed by atoms with Gasteiger partial charge >= 0.3 is 0 Å². The van der Waals surface area contributed by atoms with Crippen molar-refractivity contribution in [3.8, 4) is 5.88 Å². The molecule has 1 saturated carbocycles. The average molecular weight is 270 g/mol. The topological polar surface area (TPSA) is 34.1 Å². The fourth-order valence-corrected chi connectivity index (χ4v) is 2.92. The summed E-state index contributed by atoms with van der Waals surface area (Å²) in [5.41, 5.74) is 1.15. The highest BCUT2D eigenvalue weighted by Crippen LogP contribution is 2.33. The van der Waals surface area contributed by atoms with Crippen LogP contribution in [0.5, 0.6) is 5.88 Å². The second-order valence-electron chi connectivity index (χ2n) is 5.81. The minimum atomic E-state index is 0.132. The molecule has 0 spiro atoms. The number of ether oxygens (including phenoxy) is 1. The van der Waals surface area contributed by atoms with Crippen LogP contribution in [0.2, 0.25) is 0 Å². The monoisotopic (exact) mass is 270 g/mol. The van der Waals surface area contributed by atoms with Gasteiger partial charge in [0.25, 0.3) is 0 Å². The highest BCUT2D eigenvalue weighted by atomic mass is 16.5. The van der Waals surface area contributed by atoms with Crippen LogP contribution in [0.25, 0.3) is 10.8 Å². The number of benzene rings is 1. The van der Waals surface area contributed by atoms with E-state index in [0.29, 0.717) is 6.04 Å². The third-order valence-corrected chi connectivity index (χ3v) is 3.82. The Bertz CT molecular complexity index is 583. The summed E-state index contributed by atoms with van der Waals surface area (Å²) in [6.07, 6.45) is 7.13. The van der Waals surface area contributed by atoms with Crippen LogP contribution < -0.4 is 10.1 Å². The fourth-order valence-electron chi connectivity index (χ4n) is 2.92. The van der Waals surface area contributed by atoms with Crippen molar-refractivity contribution in [1.29, 1.82) is 0 Å². The van der Waals surface area contributed by atoms with Crippen molar-refractivity contribution in [1.82, 2.24) is 4.98 Å². The lowest BCUT2D eigenvalue weighted by atomic mass is 10.1. The molecule has 1 aromatic carbocycles. The Morgan fingerprint density at radius 2 is 2.00 bits per heavy atom. The molecule has 106 valence electrons. The van der Waals surface area contributed by atoms with Gasteiger partial charge in [0.15, 0.2) is 0 Å². The van der Waals surface area contributed by atoms with E-state index in [-0.39, 0.29) is 6.10 Å². The van der Waals surface area contributed by atoms with E-state index < -0.39 is 0 Å². The van der Waals surface area contributed by atoms with Crippen LogP contribution in [0.1, 0.15) is 39.5 Å². The highest BCUT2D eigenvalue weighted by molar-refractivity contribution is 5.97. The number of rotatable bonds is 4. The Labute approximate surface area is 120 Å². The van der Waals surface area contributed by atoms with Crippen LogP contribution in [-0.4, -0.2) is 17.1 Å². The Hall–Kier alpha value is -1.77. The quantitative estimate of drug-likeness (QED) is 0.895. The summed E-state index contributed by atoms with van der Waals surface area (Å²) >= 11 is 0. The summed E-state index contributed by atoms with van der Waals surface area (Å²) in [6, 6.07) is 8.98. The van der Waals surface area contributed by atoms with Gasteiger partial charge < -0.3 is 10.1 Å². The first-order chi connectivity index (χ1) is 9.74. The molecule has 3 nitrogen and oxygen atoms in total. The number of fused-ring (bicyclic) bond motifs is 1. The number of hydrogen-bond acceptors (Lipinski definition) is 3. The molecule has 3 heteroatoms. The van der Waals surface area contributed by atoms with Crippen molar-refractivity contribution in [2.24, 2.45) is 0 Å². The second kappa shape index (κ2) is 5.70. The van der Waals surface area contributed by atoms with E-state index in [1.165, 1.54) is 31.1 Å². The molecule has 2 aromatic rings. The van der Waals surface area contributed by atoms with Crippen LogP contribution in [0.4, 0.5) is 5.69 Å². The first kappa shape index (κ1) is 13.2. The van der Waals surface area contributed by atoms with Gasteiger partial charge in [-0.1, -0.05) is 25.0 Å². The van der Waals surface area contributed by atoms with Crippen molar-refractivity contribution in [3.05, 3.63) is 30.5 Å². The molecule has 3 rings (SSSR count). The number of nitrogens with zero attached hydrogens (tertiary/aromatic N) is 1. The maximum atomic E-state index is 5.88. The second-order valence-corrected chi connectivity index (χ2v) is 5.81. The predicted molar refractivity (Wildman–Crippen MR) is 83.4 cm³/mol. The number of anilines is 1. The molecule has 0 saturated heterocycles. The molecule has 1 aromatic heterocycles. The minimum absolute atomic E-state index is 0.132. The van der Waals surface area contributed by atoms with E-state index in [0.717, 1.165) is 17.0 Å². The van der Waals surface area contributed by atoms with Gasteiger partial charge in [0.2, 0.25) is 5.88 Å². The number of aromatic nitrogens is 1. The molecule has 0 radical (unpaired) electrons. The molecule has 1 heterocycles. The SMILES string of the molecule is CC(C)Oc1nccc2cccc(NC3CCCC3)c12. The average Bonchev–Trinajstić information content (AvgIpc) is 2.91. The standard InChI is InChI=1S/C17H22N2O/c1-12(2)20-17-16-13(10-11-18-17)6-5-9-15(16)19-14-7-3-4-8-14/h5-6,9-12,14,19H,3-4,7-8H2,1-2H3. The van der Waals surface area contributed by atoms with Gasteiger partial charge in [-0.25, -0.2) is 4.98 Å². The summed E-state index contributed by atoms with van der Waals surface area (Å²) in [5.74, 6) is 0.735. The minimum Gasteiger partial charge on any atom is -0.474 e. The Kier molecular flexibility index (Phi) is 3.77. The van der Waals surface area contributed by atoms with Crippen LogP contribution >= 0.6 is 0 Å². The van der Waals surface area contributed by atoms with Gasteiger partial charge in [0, 0.05) is 17.9 Å². The van der Waals surface area contributed by atoms with Gasteiger partial charge in [-0.2, -0.15) is 0 Å². The van der Waals surface area contributed by atoms with E-state index in [1.807, 2.05) is 26.1 Å². The summed E-state index contributed by atoms with van der Waals surface area (Å²) in [4.78, 5) is 4.42. The van der Waals surface area contributed by atoms with Crippen molar-refractivity contribution in [2.75, 3.05) is 5.32 Å². The van der Waals surface area contributed by atoms with Crippen LogP contribution in [0.3, 0.4) is 0 Å². The van der Waals surface area contributed by atoms with E-state index in [1.54, 1.807) is 0 Å². The van der Waals surface area contributed by atoms with E-state index in [4.69, 9.17) is 4.74 Å². The fraction of sp³-hybridized carbons (Fsp3) is 0.471. The molecular weight excluding hydrogens is 248 g/mol. The molecule has 1 aliphatic rings. The molecule has 20 heavy (non-hydrogen) atoms. The van der Waals surface area contributed by atoms with Gasteiger partial charge in [-0.3, -0.25) is 0 Å². The lowest BCUT2D eigenvalue weighted by Gasteiger charge is -2.18. The van der Waals surface area contributed by atoms with Gasteiger partial charge in [-0.05, 0) is 44.2 Å². The molecule has 1 fully saturated rings. The number of hydrogen-bond donors (Lipinski definition) is 1. The first-order valence-electron chi connectivity index (χ1n) is 7.55. The molecule has 0 bridgehead atoms. The Balaban J connectivity index is 2.01. The van der Waals surface area contributed by atoms with E-state index >= 15 is 0 Å². The molecule has 0 amide bonds. The maximum absolute atomic E-state index is 5.88. The van der Waals surface area contributed by atoms with Gasteiger partial charge in [-0.15, -0.1) is 0 Å². The molecule has 0 aliphatic heterocycles. The third kappa shape index (κ3) is 2.72. The first-order valence-corrected chi connectivity index (χ1v) is 7.55. The summed E-state index contributed by atoms with van der Waals surface area (Å²) in [6.45, 7) is 4.07. The predicted octanol–water partition coefficient (Wildman–Crippen LogP) is 4.38. The summed E-state index contributed by atoms with van der Waals surface area (Å²) in [7, 11) is 0. The zero-order valence-electron chi connectivity index (χ0n) is 12.2. The van der Waals surface area contributed by atoms with Gasteiger partial charge in [0.1, 0.15) is 0 Å². The molecular formula is C17H22N2O. The van der Waals surface area contributed by atoms with Crippen LogP contribution in [0.15, 0.2) is 30.5 Å². The molecule has 0 atom stereocenters. The van der Waals surface area contributed by atoms with E-state index in [9.17, 15) is 0 Å². The van der Waals surface area contributed by atoms with Gasteiger partial charge in [0.05, 0.1) is 11.5 Å². The van der Waals surface area contributed by atoms with E-state index in [2.05, 4.69) is 28.5 Å². The Morgan fingerprint density at radius 3 is 2.75 bits per heavy atom. The lowest BCUT2D eigenvalue weighted by Crippen LogP contribution is -2.15. The zero-order chi connectivity index (χ0) is 13.9. The van der Waals surface area contributed by atoms with Crippen molar-refractivity contribution < 1.29 is 4.74 Å². The van der Waals surface area contributed by atoms with Crippen molar-refractivity contribution in [3.63, 3.8) is 0 Å². The number of pyridine rings is 1. The van der Waals surface area contributed by atoms with Crippen LogP contribution in [-0.2, 0) is 0 Å². The molecule has 1 aliphatic carbocycles. The lowest BCUT2D eigenvalue weighted by molar-refractivity contribution is 0.236. The highest BCUT2D eigenvalue weighted by Gasteiger charge is 2.17. The van der Waals surface area contributed by atoms with Crippen molar-refractivity contribution >= 4 is 16.5 Å². The third-order valence-electron chi connectivity index (χ3n) is 3.82. The molecule has 0 unspecified atom stereocenters. The number of nitrogens with one attached hydrogen (secondary N) is 1. The zero-order valence-corrected chi connectivity index (χ0v) is 12.2. The smallest absolute Gasteiger partial charge is 0.223 e. The molecule has 1 N–H and O–H groups in total. The summed E-state index contributed by atoms with van der Waals surface area (Å²) in [5, 5.41) is 5.96. The largest absolute Gasteiger partial charge is 0.474 e. The van der Waals surface area contributed by atoms with Crippen molar-refractivity contribution in [2.45, 2.75) is 51.7 Å².